The van der Waals surface area contributed by atoms with E-state index in [1.165, 1.54) is 6.42 Å². The van der Waals surface area contributed by atoms with Crippen molar-refractivity contribution in [2.45, 2.75) is 20.3 Å². The Balaban J connectivity index is 2.07. The molecule has 0 spiro atoms. The standard InChI is InChI=1S/C14H20N2O2/c1-3-18-12-6-4-5-11(15)13(12)14(17)16-8-10-7-9(10)2/h4-6,9-10H,3,7-8,15H2,1-2H3,(H,16,17). The third kappa shape index (κ3) is 2.75. The summed E-state index contributed by atoms with van der Waals surface area (Å²) in [6.45, 7) is 5.32. The van der Waals surface area contributed by atoms with Crippen LogP contribution in [-0.4, -0.2) is 19.1 Å². The number of hydrogen-bond donors (Lipinski definition) is 2. The lowest BCUT2D eigenvalue weighted by molar-refractivity contribution is 0.0948. The van der Waals surface area contributed by atoms with Crippen molar-refractivity contribution in [2.24, 2.45) is 11.8 Å². The molecular weight excluding hydrogens is 228 g/mol. The number of carbonyl (C=O) groups is 1. The van der Waals surface area contributed by atoms with E-state index in [2.05, 4.69) is 12.2 Å². The maximum absolute atomic E-state index is 12.1. The van der Waals surface area contributed by atoms with Crippen molar-refractivity contribution in [2.75, 3.05) is 18.9 Å². The Kier molecular flexibility index (Phi) is 3.75. The van der Waals surface area contributed by atoms with Gasteiger partial charge in [-0.25, -0.2) is 0 Å². The van der Waals surface area contributed by atoms with Crippen molar-refractivity contribution >= 4 is 11.6 Å². The molecule has 0 aliphatic heterocycles. The number of amides is 1. The van der Waals surface area contributed by atoms with E-state index in [0.717, 1.165) is 12.5 Å². The van der Waals surface area contributed by atoms with E-state index in [1.807, 2.05) is 6.92 Å². The maximum Gasteiger partial charge on any atom is 0.257 e. The molecule has 2 unspecified atom stereocenters. The van der Waals surface area contributed by atoms with Crippen molar-refractivity contribution in [3.63, 3.8) is 0 Å². The summed E-state index contributed by atoms with van der Waals surface area (Å²) in [6, 6.07) is 5.28. The Hall–Kier alpha value is -1.71. The third-order valence-corrected chi connectivity index (χ3v) is 3.39. The number of nitrogens with two attached hydrogens (primary N) is 1. The van der Waals surface area contributed by atoms with Crippen LogP contribution in [0, 0.1) is 11.8 Å². The Bertz CT molecular complexity index is 445. The van der Waals surface area contributed by atoms with Gasteiger partial charge < -0.3 is 15.8 Å². The molecule has 1 aromatic rings. The number of rotatable bonds is 5. The fraction of sp³-hybridized carbons (Fsp3) is 0.500. The summed E-state index contributed by atoms with van der Waals surface area (Å²) in [5.41, 5.74) is 6.77. The lowest BCUT2D eigenvalue weighted by Gasteiger charge is -2.12. The van der Waals surface area contributed by atoms with Crippen LogP contribution in [0.15, 0.2) is 18.2 Å². The second kappa shape index (κ2) is 5.29. The van der Waals surface area contributed by atoms with Crippen molar-refractivity contribution in [1.82, 2.24) is 5.32 Å². The number of benzene rings is 1. The lowest BCUT2D eigenvalue weighted by atomic mass is 10.1. The number of hydrogen-bond acceptors (Lipinski definition) is 3. The molecule has 3 N–H and O–H groups in total. The Morgan fingerprint density at radius 3 is 2.89 bits per heavy atom. The Morgan fingerprint density at radius 2 is 2.28 bits per heavy atom. The SMILES string of the molecule is CCOc1cccc(N)c1C(=O)NCC1CC1C. The highest BCUT2D eigenvalue weighted by molar-refractivity contribution is 6.01. The van der Waals surface area contributed by atoms with Crippen LogP contribution >= 0.6 is 0 Å². The van der Waals surface area contributed by atoms with E-state index in [1.54, 1.807) is 18.2 Å². The van der Waals surface area contributed by atoms with Gasteiger partial charge in [0.25, 0.3) is 5.91 Å². The summed E-state index contributed by atoms with van der Waals surface area (Å²) in [7, 11) is 0. The van der Waals surface area contributed by atoms with Gasteiger partial charge in [-0.3, -0.25) is 4.79 Å². The highest BCUT2D eigenvalue weighted by atomic mass is 16.5. The number of carbonyl (C=O) groups excluding carboxylic acids is 1. The van der Waals surface area contributed by atoms with Gasteiger partial charge in [-0.15, -0.1) is 0 Å². The number of anilines is 1. The minimum Gasteiger partial charge on any atom is -0.493 e. The van der Waals surface area contributed by atoms with E-state index in [4.69, 9.17) is 10.5 Å². The fourth-order valence-corrected chi connectivity index (χ4v) is 2.06. The molecule has 1 fully saturated rings. The van der Waals surface area contributed by atoms with Crippen LogP contribution < -0.4 is 15.8 Å². The Morgan fingerprint density at radius 1 is 1.56 bits per heavy atom. The molecule has 4 heteroatoms. The predicted octanol–water partition coefficient (Wildman–Crippen LogP) is 2.05. The van der Waals surface area contributed by atoms with Crippen molar-refractivity contribution < 1.29 is 9.53 Å². The molecule has 0 radical (unpaired) electrons. The van der Waals surface area contributed by atoms with Crippen LogP contribution in [0.25, 0.3) is 0 Å². The molecular formula is C14H20N2O2. The summed E-state index contributed by atoms with van der Waals surface area (Å²) in [6.07, 6.45) is 1.20. The summed E-state index contributed by atoms with van der Waals surface area (Å²) < 4.78 is 5.44. The zero-order valence-electron chi connectivity index (χ0n) is 10.9. The van der Waals surface area contributed by atoms with E-state index in [-0.39, 0.29) is 5.91 Å². The minimum absolute atomic E-state index is 0.143. The van der Waals surface area contributed by atoms with Crippen molar-refractivity contribution in [1.29, 1.82) is 0 Å². The van der Waals surface area contributed by atoms with Gasteiger partial charge in [0.1, 0.15) is 11.3 Å². The molecule has 1 aliphatic carbocycles. The molecule has 2 atom stereocenters. The summed E-state index contributed by atoms with van der Waals surface area (Å²) in [5.74, 6) is 1.76. The minimum atomic E-state index is -0.143. The number of nitrogen functional groups attached to an aromatic ring is 1. The Labute approximate surface area is 108 Å². The molecule has 0 saturated heterocycles. The highest BCUT2D eigenvalue weighted by Gasteiger charge is 2.32. The van der Waals surface area contributed by atoms with E-state index in [0.29, 0.717) is 29.5 Å². The maximum atomic E-state index is 12.1. The van der Waals surface area contributed by atoms with Gasteiger partial charge in [0.2, 0.25) is 0 Å². The smallest absolute Gasteiger partial charge is 0.257 e. The lowest BCUT2D eigenvalue weighted by Crippen LogP contribution is -2.27. The molecule has 18 heavy (non-hydrogen) atoms. The van der Waals surface area contributed by atoms with Gasteiger partial charge in [-0.1, -0.05) is 13.0 Å². The average molecular weight is 248 g/mol. The van der Waals surface area contributed by atoms with Gasteiger partial charge >= 0.3 is 0 Å². The van der Waals surface area contributed by atoms with Gasteiger partial charge in [0.15, 0.2) is 0 Å². The quantitative estimate of drug-likeness (QED) is 0.784. The molecule has 98 valence electrons. The molecule has 0 bridgehead atoms. The number of ether oxygens (including phenoxy) is 1. The molecule has 1 saturated carbocycles. The monoisotopic (exact) mass is 248 g/mol. The first-order valence-electron chi connectivity index (χ1n) is 6.43. The number of nitrogens with one attached hydrogen (secondary N) is 1. The van der Waals surface area contributed by atoms with Gasteiger partial charge in [0.05, 0.1) is 6.61 Å². The van der Waals surface area contributed by atoms with Crippen molar-refractivity contribution in [3.8, 4) is 5.75 Å². The third-order valence-electron chi connectivity index (χ3n) is 3.39. The first-order valence-corrected chi connectivity index (χ1v) is 6.43. The van der Waals surface area contributed by atoms with Crippen LogP contribution in [-0.2, 0) is 0 Å². The van der Waals surface area contributed by atoms with Crippen LogP contribution in [0.5, 0.6) is 5.75 Å². The zero-order valence-corrected chi connectivity index (χ0v) is 10.9. The highest BCUT2D eigenvalue weighted by Crippen LogP contribution is 2.37. The van der Waals surface area contributed by atoms with Crippen LogP contribution in [0.1, 0.15) is 30.6 Å². The largest absolute Gasteiger partial charge is 0.493 e. The normalized spacial score (nSPS) is 21.4. The summed E-state index contributed by atoms with van der Waals surface area (Å²) >= 11 is 0. The van der Waals surface area contributed by atoms with Gasteiger partial charge in [-0.05, 0) is 37.3 Å². The van der Waals surface area contributed by atoms with Crippen molar-refractivity contribution in [3.05, 3.63) is 23.8 Å². The summed E-state index contributed by atoms with van der Waals surface area (Å²) in [4.78, 5) is 12.1. The van der Waals surface area contributed by atoms with Crippen LogP contribution in [0.2, 0.25) is 0 Å². The van der Waals surface area contributed by atoms with E-state index >= 15 is 0 Å². The molecule has 0 heterocycles. The molecule has 1 aromatic carbocycles. The van der Waals surface area contributed by atoms with Gasteiger partial charge in [-0.2, -0.15) is 0 Å². The van der Waals surface area contributed by atoms with Gasteiger partial charge in [0, 0.05) is 12.2 Å². The van der Waals surface area contributed by atoms with Crippen LogP contribution in [0.4, 0.5) is 5.69 Å². The molecule has 1 amide bonds. The first-order chi connectivity index (χ1) is 8.63. The fourth-order valence-electron chi connectivity index (χ4n) is 2.06. The molecule has 0 aromatic heterocycles. The predicted molar refractivity (Wildman–Crippen MR) is 71.6 cm³/mol. The van der Waals surface area contributed by atoms with E-state index in [9.17, 15) is 4.79 Å². The molecule has 1 aliphatic rings. The van der Waals surface area contributed by atoms with Crippen LogP contribution in [0.3, 0.4) is 0 Å². The second-order valence-electron chi connectivity index (χ2n) is 4.84. The first kappa shape index (κ1) is 12.7. The topological polar surface area (TPSA) is 64.3 Å². The van der Waals surface area contributed by atoms with E-state index < -0.39 is 0 Å². The zero-order chi connectivity index (χ0) is 13.1. The summed E-state index contributed by atoms with van der Waals surface area (Å²) in [5, 5.41) is 2.93. The average Bonchev–Trinajstić information content (AvgIpc) is 3.03. The second-order valence-corrected chi connectivity index (χ2v) is 4.84. The molecule has 4 nitrogen and oxygen atoms in total. The molecule has 2 rings (SSSR count).